The predicted octanol–water partition coefficient (Wildman–Crippen LogP) is 0.394. The summed E-state index contributed by atoms with van der Waals surface area (Å²) in [7, 11) is -3.34. The van der Waals surface area contributed by atoms with Crippen molar-refractivity contribution in [1.82, 2.24) is 9.03 Å². The van der Waals surface area contributed by atoms with Crippen LogP contribution in [0.25, 0.3) is 0 Å². The fourth-order valence-corrected chi connectivity index (χ4v) is 2.70. The summed E-state index contributed by atoms with van der Waals surface area (Å²) in [5, 5.41) is 0. The van der Waals surface area contributed by atoms with Crippen LogP contribution < -0.4 is 10.5 Å². The van der Waals surface area contributed by atoms with Crippen LogP contribution in [-0.4, -0.2) is 38.9 Å². The van der Waals surface area contributed by atoms with Crippen LogP contribution >= 0.6 is 0 Å². The molecule has 0 rings (SSSR count). The Balaban J connectivity index is 4.43. The molecule has 0 aliphatic rings. The largest absolute Gasteiger partial charge is 0.330 e. The lowest BCUT2D eigenvalue weighted by Crippen LogP contribution is -2.44. The molecule has 16 heavy (non-hydrogen) atoms. The first-order valence-electron chi connectivity index (χ1n) is 5.78. The van der Waals surface area contributed by atoms with Crippen LogP contribution in [0.2, 0.25) is 0 Å². The van der Waals surface area contributed by atoms with E-state index in [9.17, 15) is 8.42 Å². The lowest BCUT2D eigenvalue weighted by atomic mass is 10.2. The molecule has 0 radical (unpaired) electrons. The zero-order valence-electron chi connectivity index (χ0n) is 10.7. The average Bonchev–Trinajstić information content (AvgIpc) is 2.22. The van der Waals surface area contributed by atoms with Crippen LogP contribution in [0.15, 0.2) is 0 Å². The maximum absolute atomic E-state index is 11.9. The van der Waals surface area contributed by atoms with Crippen LogP contribution in [0.4, 0.5) is 0 Å². The summed E-state index contributed by atoms with van der Waals surface area (Å²) in [6, 6.07) is 0. The van der Waals surface area contributed by atoms with Gasteiger partial charge in [-0.25, -0.2) is 4.72 Å². The van der Waals surface area contributed by atoms with Crippen molar-refractivity contribution in [2.24, 2.45) is 17.6 Å². The van der Waals surface area contributed by atoms with Crippen LogP contribution in [0, 0.1) is 11.8 Å². The topological polar surface area (TPSA) is 75.4 Å². The molecule has 0 aromatic heterocycles. The molecule has 0 saturated carbocycles. The minimum Gasteiger partial charge on any atom is -0.330 e. The minimum atomic E-state index is -3.34. The summed E-state index contributed by atoms with van der Waals surface area (Å²) in [4.78, 5) is 0. The smallest absolute Gasteiger partial charge is 0.279 e. The van der Waals surface area contributed by atoms with E-state index in [-0.39, 0.29) is 5.92 Å². The number of nitrogens with one attached hydrogen (secondary N) is 1. The summed E-state index contributed by atoms with van der Waals surface area (Å²) >= 11 is 0. The molecule has 0 heterocycles. The van der Waals surface area contributed by atoms with Crippen molar-refractivity contribution in [3.05, 3.63) is 0 Å². The third-order valence-corrected chi connectivity index (χ3v) is 3.90. The number of nitrogens with zero attached hydrogens (tertiary/aromatic N) is 1. The monoisotopic (exact) mass is 251 g/mol. The van der Waals surface area contributed by atoms with Gasteiger partial charge in [-0.05, 0) is 18.4 Å². The minimum absolute atomic E-state index is 0.176. The van der Waals surface area contributed by atoms with Crippen LogP contribution in [0.3, 0.4) is 0 Å². The molecule has 0 saturated heterocycles. The van der Waals surface area contributed by atoms with Gasteiger partial charge < -0.3 is 5.73 Å². The zero-order chi connectivity index (χ0) is 12.8. The summed E-state index contributed by atoms with van der Waals surface area (Å²) < 4.78 is 27.8. The molecule has 3 N–H and O–H groups in total. The fraction of sp³-hybridized carbons (Fsp3) is 1.00. The molecule has 0 aliphatic carbocycles. The Morgan fingerprint density at radius 2 is 1.88 bits per heavy atom. The Morgan fingerprint density at radius 1 is 1.31 bits per heavy atom. The summed E-state index contributed by atoms with van der Waals surface area (Å²) in [5.74, 6) is 0.482. The number of hydrogen-bond donors (Lipinski definition) is 2. The molecule has 1 unspecified atom stereocenters. The Morgan fingerprint density at radius 3 is 2.25 bits per heavy atom. The first kappa shape index (κ1) is 15.8. The Kier molecular flexibility index (Phi) is 7.14. The van der Waals surface area contributed by atoms with E-state index < -0.39 is 10.2 Å². The van der Waals surface area contributed by atoms with Crippen molar-refractivity contribution in [2.75, 3.05) is 26.2 Å². The highest BCUT2D eigenvalue weighted by Crippen LogP contribution is 2.04. The Bertz CT molecular complexity index is 278. The zero-order valence-corrected chi connectivity index (χ0v) is 11.5. The molecule has 0 aromatic carbocycles. The lowest BCUT2D eigenvalue weighted by Gasteiger charge is -2.24. The highest BCUT2D eigenvalue weighted by Gasteiger charge is 2.21. The maximum atomic E-state index is 11.9. The third kappa shape index (κ3) is 5.79. The Hall–Kier alpha value is -0.170. The normalized spacial score (nSPS) is 14.7. The molecular formula is C10H25N3O2S. The highest BCUT2D eigenvalue weighted by molar-refractivity contribution is 7.87. The number of nitrogens with two attached hydrogens (primary N) is 1. The molecule has 0 aliphatic heterocycles. The van der Waals surface area contributed by atoms with Gasteiger partial charge in [0, 0.05) is 19.6 Å². The van der Waals surface area contributed by atoms with E-state index in [1.54, 1.807) is 0 Å². The average molecular weight is 251 g/mol. The van der Waals surface area contributed by atoms with Gasteiger partial charge in [-0.15, -0.1) is 0 Å². The van der Waals surface area contributed by atoms with Crippen LogP contribution in [-0.2, 0) is 10.2 Å². The van der Waals surface area contributed by atoms with E-state index in [1.165, 1.54) is 4.31 Å². The van der Waals surface area contributed by atoms with E-state index in [1.807, 2.05) is 27.7 Å². The predicted molar refractivity (Wildman–Crippen MR) is 67.2 cm³/mol. The van der Waals surface area contributed by atoms with Crippen molar-refractivity contribution in [2.45, 2.75) is 27.7 Å². The van der Waals surface area contributed by atoms with Gasteiger partial charge in [0.2, 0.25) is 0 Å². The quantitative estimate of drug-likeness (QED) is 0.655. The van der Waals surface area contributed by atoms with Crippen molar-refractivity contribution in [1.29, 1.82) is 0 Å². The molecule has 1 atom stereocenters. The van der Waals surface area contributed by atoms with Crippen LogP contribution in [0.1, 0.15) is 27.7 Å². The summed E-state index contributed by atoms with van der Waals surface area (Å²) in [6.45, 7) is 9.63. The molecule has 0 bridgehead atoms. The standard InChI is InChI=1S/C10H25N3O2S/c1-5-13(8-10(4)6-11)16(14,15)12-7-9(2)3/h9-10,12H,5-8,11H2,1-4H3. The second-order valence-electron chi connectivity index (χ2n) is 4.54. The van der Waals surface area contributed by atoms with E-state index in [0.29, 0.717) is 32.1 Å². The third-order valence-electron chi connectivity index (χ3n) is 2.28. The SMILES string of the molecule is CCN(CC(C)CN)S(=O)(=O)NCC(C)C. The van der Waals surface area contributed by atoms with E-state index in [0.717, 1.165) is 0 Å². The van der Waals surface area contributed by atoms with Gasteiger partial charge >= 0.3 is 0 Å². The fourth-order valence-electron chi connectivity index (χ4n) is 1.18. The molecule has 5 nitrogen and oxygen atoms in total. The number of rotatable bonds is 8. The molecular weight excluding hydrogens is 226 g/mol. The van der Waals surface area contributed by atoms with E-state index >= 15 is 0 Å². The molecule has 6 heteroatoms. The second-order valence-corrected chi connectivity index (χ2v) is 6.29. The van der Waals surface area contributed by atoms with E-state index in [4.69, 9.17) is 5.73 Å². The van der Waals surface area contributed by atoms with E-state index in [2.05, 4.69) is 4.72 Å². The van der Waals surface area contributed by atoms with Gasteiger partial charge in [0.05, 0.1) is 0 Å². The first-order chi connectivity index (χ1) is 7.33. The highest BCUT2D eigenvalue weighted by atomic mass is 32.2. The van der Waals surface area contributed by atoms with Gasteiger partial charge in [-0.3, -0.25) is 0 Å². The molecule has 0 aromatic rings. The first-order valence-corrected chi connectivity index (χ1v) is 7.22. The van der Waals surface area contributed by atoms with Crippen molar-refractivity contribution < 1.29 is 8.42 Å². The van der Waals surface area contributed by atoms with Crippen molar-refractivity contribution >= 4 is 10.2 Å². The van der Waals surface area contributed by atoms with Gasteiger partial charge in [-0.2, -0.15) is 12.7 Å². The van der Waals surface area contributed by atoms with Gasteiger partial charge in [-0.1, -0.05) is 27.7 Å². The maximum Gasteiger partial charge on any atom is 0.279 e. The summed E-state index contributed by atoms with van der Waals surface area (Å²) in [6.07, 6.45) is 0. The Labute approximate surface area is 99.6 Å². The number of hydrogen-bond acceptors (Lipinski definition) is 3. The molecule has 0 fully saturated rings. The second kappa shape index (κ2) is 7.21. The van der Waals surface area contributed by atoms with Crippen molar-refractivity contribution in [3.63, 3.8) is 0 Å². The van der Waals surface area contributed by atoms with Gasteiger partial charge in [0.15, 0.2) is 0 Å². The van der Waals surface area contributed by atoms with Crippen LogP contribution in [0.5, 0.6) is 0 Å². The lowest BCUT2D eigenvalue weighted by molar-refractivity contribution is 0.364. The summed E-state index contributed by atoms with van der Waals surface area (Å²) in [5.41, 5.74) is 5.50. The van der Waals surface area contributed by atoms with Crippen molar-refractivity contribution in [3.8, 4) is 0 Å². The van der Waals surface area contributed by atoms with Gasteiger partial charge in [0.25, 0.3) is 10.2 Å². The molecule has 98 valence electrons. The molecule has 0 spiro atoms. The molecule has 0 amide bonds. The van der Waals surface area contributed by atoms with Gasteiger partial charge in [0.1, 0.15) is 0 Å².